The number of aryl methyl sites for hydroxylation is 1. The lowest BCUT2D eigenvalue weighted by atomic mass is 9.87. The van der Waals surface area contributed by atoms with Crippen molar-refractivity contribution in [3.63, 3.8) is 0 Å². The van der Waals surface area contributed by atoms with Crippen LogP contribution in [0.25, 0.3) is 11.3 Å². The molecule has 2 heterocycles. The molecule has 6 heteroatoms. The summed E-state index contributed by atoms with van der Waals surface area (Å²) in [4.78, 5) is 20.5. The molecule has 0 spiro atoms. The van der Waals surface area contributed by atoms with Crippen molar-refractivity contribution < 1.29 is 4.79 Å². The molecule has 2 aliphatic rings. The first-order valence-electron chi connectivity index (χ1n) is 14.8. The van der Waals surface area contributed by atoms with Crippen LogP contribution in [0.1, 0.15) is 70.8 Å². The van der Waals surface area contributed by atoms with E-state index in [0.29, 0.717) is 17.5 Å². The number of hydrogen-bond donors (Lipinski definition) is 2. The first kappa shape index (κ1) is 27.5. The van der Waals surface area contributed by atoms with Crippen molar-refractivity contribution >= 4 is 28.9 Å². The number of nitrogens with one attached hydrogen (secondary N) is 2. The largest absolute Gasteiger partial charge is 0.372 e. The van der Waals surface area contributed by atoms with E-state index in [1.165, 1.54) is 48.1 Å². The number of halogens is 1. The van der Waals surface area contributed by atoms with Crippen LogP contribution in [-0.4, -0.2) is 24.0 Å². The fourth-order valence-corrected chi connectivity index (χ4v) is 6.30. The van der Waals surface area contributed by atoms with Gasteiger partial charge in [-0.05, 0) is 103 Å². The Morgan fingerprint density at radius 2 is 1.78 bits per heavy atom. The number of carbonyl (C=O) groups excluding carboxylic acids is 1. The second-order valence-electron chi connectivity index (χ2n) is 11.1. The SMILES string of the molecule is O=C(Nc1ccc(N2CCCCC2)cc1-c1cc(CNC2CCCc3ccccc32)ccn1)c1cccc(CCl)c1. The predicted octanol–water partition coefficient (Wildman–Crippen LogP) is 7.90. The topological polar surface area (TPSA) is 57.3 Å². The Balaban J connectivity index is 1.28. The standard InChI is InChI=1S/C35H37ClN4O/c36-23-25-8-6-11-28(20-25)35(41)39-33-15-14-29(40-18-4-1-5-19-40)22-31(33)34-21-26(16-17-37-34)24-38-32-13-7-10-27-9-2-3-12-30(27)32/h2-3,6,8-9,11-12,14-17,20-22,32,38H,1,4-5,7,10,13,18-19,23-24H2,(H,39,41). The second-order valence-corrected chi connectivity index (χ2v) is 11.4. The van der Waals surface area contributed by atoms with Crippen LogP contribution in [0.2, 0.25) is 0 Å². The van der Waals surface area contributed by atoms with Crippen LogP contribution in [0.4, 0.5) is 11.4 Å². The first-order chi connectivity index (χ1) is 20.2. The fourth-order valence-electron chi connectivity index (χ4n) is 6.13. The smallest absolute Gasteiger partial charge is 0.255 e. The number of carbonyl (C=O) groups is 1. The van der Waals surface area contributed by atoms with Gasteiger partial charge in [0.05, 0.1) is 11.4 Å². The average Bonchev–Trinajstić information content (AvgIpc) is 3.04. The summed E-state index contributed by atoms with van der Waals surface area (Å²) in [6.45, 7) is 2.86. The van der Waals surface area contributed by atoms with Gasteiger partial charge in [0.25, 0.3) is 5.91 Å². The molecule has 41 heavy (non-hydrogen) atoms. The Labute approximate surface area is 248 Å². The Hall–Kier alpha value is -3.67. The number of rotatable bonds is 8. The molecule has 1 amide bonds. The van der Waals surface area contributed by atoms with Crippen LogP contribution in [-0.2, 0) is 18.8 Å². The van der Waals surface area contributed by atoms with Crippen molar-refractivity contribution in [3.8, 4) is 11.3 Å². The van der Waals surface area contributed by atoms with Crippen molar-refractivity contribution in [2.45, 2.75) is 57.0 Å². The highest BCUT2D eigenvalue weighted by Gasteiger charge is 2.20. The maximum absolute atomic E-state index is 13.3. The van der Waals surface area contributed by atoms with Gasteiger partial charge in [-0.15, -0.1) is 11.6 Å². The minimum absolute atomic E-state index is 0.155. The van der Waals surface area contributed by atoms with E-state index < -0.39 is 0 Å². The molecule has 1 fully saturated rings. The quantitative estimate of drug-likeness (QED) is 0.214. The van der Waals surface area contributed by atoms with Gasteiger partial charge in [-0.3, -0.25) is 9.78 Å². The molecule has 210 valence electrons. The summed E-state index contributed by atoms with van der Waals surface area (Å²) in [7, 11) is 0. The summed E-state index contributed by atoms with van der Waals surface area (Å²) < 4.78 is 0. The zero-order chi connectivity index (χ0) is 28.0. The van der Waals surface area contributed by atoms with E-state index in [0.717, 1.165) is 55.0 Å². The van der Waals surface area contributed by atoms with Gasteiger partial charge in [-0.2, -0.15) is 0 Å². The summed E-state index contributed by atoms with van der Waals surface area (Å²) in [6.07, 6.45) is 9.07. The van der Waals surface area contributed by atoms with Crippen LogP contribution in [0.3, 0.4) is 0 Å². The lowest BCUT2D eigenvalue weighted by Crippen LogP contribution is -2.29. The zero-order valence-electron chi connectivity index (χ0n) is 23.4. The van der Waals surface area contributed by atoms with Gasteiger partial charge in [0.2, 0.25) is 0 Å². The maximum Gasteiger partial charge on any atom is 0.255 e. The number of aromatic nitrogens is 1. The predicted molar refractivity (Wildman–Crippen MR) is 169 cm³/mol. The Morgan fingerprint density at radius 3 is 2.66 bits per heavy atom. The molecule has 4 aromatic rings. The van der Waals surface area contributed by atoms with E-state index in [2.05, 4.69) is 64.1 Å². The maximum atomic E-state index is 13.3. The summed E-state index contributed by atoms with van der Waals surface area (Å²) in [5.74, 6) is 0.214. The van der Waals surface area contributed by atoms with E-state index in [1.807, 2.05) is 36.5 Å². The molecule has 2 N–H and O–H groups in total. The van der Waals surface area contributed by atoms with Crippen LogP contribution in [0.5, 0.6) is 0 Å². The van der Waals surface area contributed by atoms with E-state index in [4.69, 9.17) is 16.6 Å². The molecule has 1 atom stereocenters. The number of nitrogens with zero attached hydrogens (tertiary/aromatic N) is 2. The van der Waals surface area contributed by atoms with E-state index in [1.54, 1.807) is 0 Å². The highest BCUT2D eigenvalue weighted by atomic mass is 35.5. The van der Waals surface area contributed by atoms with Crippen molar-refractivity contribution in [1.82, 2.24) is 10.3 Å². The van der Waals surface area contributed by atoms with Crippen LogP contribution >= 0.6 is 11.6 Å². The zero-order valence-corrected chi connectivity index (χ0v) is 24.2. The molecular weight excluding hydrogens is 528 g/mol. The molecule has 1 aromatic heterocycles. The molecule has 5 nitrogen and oxygen atoms in total. The van der Waals surface area contributed by atoms with Crippen LogP contribution in [0.15, 0.2) is 85.1 Å². The van der Waals surface area contributed by atoms with E-state index >= 15 is 0 Å². The van der Waals surface area contributed by atoms with Gasteiger partial charge in [0.1, 0.15) is 0 Å². The van der Waals surface area contributed by atoms with Crippen molar-refractivity contribution in [2.24, 2.45) is 0 Å². The number of amides is 1. The molecule has 1 saturated heterocycles. The van der Waals surface area contributed by atoms with E-state index in [9.17, 15) is 4.79 Å². The molecule has 1 aliphatic heterocycles. The number of benzene rings is 3. The normalized spacial score (nSPS) is 16.7. The third-order valence-electron chi connectivity index (χ3n) is 8.34. The molecule has 6 rings (SSSR count). The molecule has 0 saturated carbocycles. The van der Waals surface area contributed by atoms with Gasteiger partial charge in [-0.25, -0.2) is 0 Å². The lowest BCUT2D eigenvalue weighted by Gasteiger charge is -2.29. The van der Waals surface area contributed by atoms with Crippen molar-refractivity contribution in [1.29, 1.82) is 0 Å². The minimum atomic E-state index is -0.155. The number of piperidine rings is 1. The highest BCUT2D eigenvalue weighted by Crippen LogP contribution is 2.34. The van der Waals surface area contributed by atoms with Gasteiger partial charge < -0.3 is 15.5 Å². The summed E-state index contributed by atoms with van der Waals surface area (Å²) in [6, 6.07) is 27.2. The van der Waals surface area contributed by atoms with E-state index in [-0.39, 0.29) is 5.91 Å². The summed E-state index contributed by atoms with van der Waals surface area (Å²) >= 11 is 6.03. The monoisotopic (exact) mass is 564 g/mol. The number of pyridine rings is 1. The Kier molecular flexibility index (Phi) is 8.64. The van der Waals surface area contributed by atoms with Gasteiger partial charge >= 0.3 is 0 Å². The third-order valence-corrected chi connectivity index (χ3v) is 8.65. The highest BCUT2D eigenvalue weighted by molar-refractivity contribution is 6.17. The van der Waals surface area contributed by atoms with Crippen LogP contribution < -0.4 is 15.5 Å². The molecular formula is C35H37ClN4O. The summed E-state index contributed by atoms with van der Waals surface area (Å²) in [5.41, 5.74) is 9.28. The molecule has 0 bridgehead atoms. The molecule has 1 aliphatic carbocycles. The Bertz CT molecular complexity index is 1510. The molecule has 1 unspecified atom stereocenters. The van der Waals surface area contributed by atoms with Crippen LogP contribution in [0, 0.1) is 0 Å². The van der Waals surface area contributed by atoms with Crippen molar-refractivity contribution in [2.75, 3.05) is 23.3 Å². The average molecular weight is 565 g/mol. The number of anilines is 2. The van der Waals surface area contributed by atoms with Gasteiger partial charge in [-0.1, -0.05) is 36.4 Å². The molecule has 3 aromatic carbocycles. The fraction of sp³-hybridized carbons (Fsp3) is 0.314. The first-order valence-corrected chi connectivity index (χ1v) is 15.3. The number of hydrogen-bond acceptors (Lipinski definition) is 4. The Morgan fingerprint density at radius 1 is 0.902 bits per heavy atom. The summed E-state index contributed by atoms with van der Waals surface area (Å²) in [5, 5.41) is 6.96. The molecule has 0 radical (unpaired) electrons. The lowest BCUT2D eigenvalue weighted by molar-refractivity contribution is 0.102. The van der Waals surface area contributed by atoms with Gasteiger partial charge in [0, 0.05) is 54.6 Å². The minimum Gasteiger partial charge on any atom is -0.372 e. The van der Waals surface area contributed by atoms with Gasteiger partial charge in [0.15, 0.2) is 0 Å². The third kappa shape index (κ3) is 6.47. The van der Waals surface area contributed by atoms with Crippen molar-refractivity contribution in [3.05, 3.63) is 113 Å². The number of fused-ring (bicyclic) bond motifs is 1. The number of alkyl halides is 1. The second kappa shape index (κ2) is 12.9.